The van der Waals surface area contributed by atoms with E-state index in [1.165, 1.54) is 51.0 Å². The maximum Gasteiger partial charge on any atom is 0.330 e. The summed E-state index contributed by atoms with van der Waals surface area (Å²) < 4.78 is 5.43. The third-order valence-electron chi connectivity index (χ3n) is 3.51. The highest BCUT2D eigenvalue weighted by Crippen LogP contribution is 2.27. The fraction of sp³-hybridized carbons (Fsp3) is 0.786. The Bertz CT molecular complexity index is 215. The zero-order chi connectivity index (χ0) is 11.8. The maximum atomic E-state index is 11.2. The molecule has 1 rings (SSSR count). The van der Waals surface area contributed by atoms with Crippen molar-refractivity contribution in [2.45, 2.75) is 64.4 Å². The van der Waals surface area contributed by atoms with Gasteiger partial charge >= 0.3 is 5.97 Å². The maximum absolute atomic E-state index is 11.2. The van der Waals surface area contributed by atoms with Gasteiger partial charge in [0.25, 0.3) is 0 Å². The van der Waals surface area contributed by atoms with Crippen LogP contribution < -0.4 is 0 Å². The van der Waals surface area contributed by atoms with E-state index in [4.69, 9.17) is 4.74 Å². The summed E-state index contributed by atoms with van der Waals surface area (Å²) >= 11 is 0. The summed E-state index contributed by atoms with van der Waals surface area (Å²) in [5.41, 5.74) is 0. The Morgan fingerprint density at radius 3 is 2.38 bits per heavy atom. The molecule has 0 bridgehead atoms. The van der Waals surface area contributed by atoms with Crippen LogP contribution in [0.4, 0.5) is 0 Å². The third-order valence-corrected chi connectivity index (χ3v) is 3.51. The summed E-state index contributed by atoms with van der Waals surface area (Å²) in [6, 6.07) is 0. The molecule has 92 valence electrons. The van der Waals surface area contributed by atoms with E-state index in [0.717, 1.165) is 6.42 Å². The molecule has 1 fully saturated rings. The number of rotatable bonds is 4. The van der Waals surface area contributed by atoms with Gasteiger partial charge in [0.05, 0.1) is 0 Å². The summed E-state index contributed by atoms with van der Waals surface area (Å²) in [4.78, 5) is 11.2. The summed E-state index contributed by atoms with van der Waals surface area (Å²) in [6.07, 6.45) is 11.3. The van der Waals surface area contributed by atoms with Gasteiger partial charge in [0, 0.05) is 6.08 Å². The molecule has 0 saturated heterocycles. The van der Waals surface area contributed by atoms with Gasteiger partial charge in [0.1, 0.15) is 6.10 Å². The van der Waals surface area contributed by atoms with Gasteiger partial charge in [-0.15, -0.1) is 0 Å². The largest absolute Gasteiger partial charge is 0.459 e. The fourth-order valence-corrected chi connectivity index (χ4v) is 2.57. The van der Waals surface area contributed by atoms with Gasteiger partial charge in [-0.3, -0.25) is 0 Å². The van der Waals surface area contributed by atoms with Crippen LogP contribution in [0.3, 0.4) is 0 Å². The lowest BCUT2D eigenvalue weighted by Crippen LogP contribution is -2.26. The van der Waals surface area contributed by atoms with Gasteiger partial charge in [0.2, 0.25) is 0 Å². The van der Waals surface area contributed by atoms with Crippen LogP contribution >= 0.6 is 0 Å². The fourth-order valence-electron chi connectivity index (χ4n) is 2.57. The van der Waals surface area contributed by atoms with Crippen LogP contribution in [0.1, 0.15) is 58.3 Å². The molecule has 1 saturated carbocycles. The van der Waals surface area contributed by atoms with E-state index in [9.17, 15) is 4.79 Å². The molecule has 0 aromatic heterocycles. The van der Waals surface area contributed by atoms with Crippen molar-refractivity contribution >= 4 is 5.97 Å². The van der Waals surface area contributed by atoms with E-state index in [0.29, 0.717) is 5.92 Å². The molecule has 0 spiro atoms. The highest BCUT2D eigenvalue weighted by Gasteiger charge is 2.23. The normalized spacial score (nSPS) is 20.6. The quantitative estimate of drug-likeness (QED) is 0.535. The van der Waals surface area contributed by atoms with Gasteiger partial charge in [-0.05, 0) is 25.2 Å². The number of hydrogen-bond donors (Lipinski definition) is 0. The molecule has 0 radical (unpaired) electrons. The SMILES string of the molecule is C=CC(=O)OC(CC)C1CCCCCCC1. The molecule has 0 heterocycles. The molecule has 16 heavy (non-hydrogen) atoms. The monoisotopic (exact) mass is 224 g/mol. The van der Waals surface area contributed by atoms with Crippen molar-refractivity contribution in [2.24, 2.45) is 5.92 Å². The highest BCUT2D eigenvalue weighted by molar-refractivity contribution is 5.81. The van der Waals surface area contributed by atoms with Crippen molar-refractivity contribution < 1.29 is 9.53 Å². The number of hydrogen-bond acceptors (Lipinski definition) is 2. The second kappa shape index (κ2) is 7.48. The molecule has 2 nitrogen and oxygen atoms in total. The second-order valence-electron chi connectivity index (χ2n) is 4.69. The van der Waals surface area contributed by atoms with Crippen LogP contribution in [0.2, 0.25) is 0 Å². The zero-order valence-corrected chi connectivity index (χ0v) is 10.4. The average Bonchev–Trinajstić information content (AvgIpc) is 2.26. The van der Waals surface area contributed by atoms with E-state index >= 15 is 0 Å². The van der Waals surface area contributed by atoms with E-state index < -0.39 is 0 Å². The van der Waals surface area contributed by atoms with Gasteiger partial charge in [0.15, 0.2) is 0 Å². The molecule has 1 unspecified atom stereocenters. The minimum absolute atomic E-state index is 0.101. The number of ether oxygens (including phenoxy) is 1. The molecule has 0 aromatic carbocycles. The van der Waals surface area contributed by atoms with Crippen molar-refractivity contribution in [3.05, 3.63) is 12.7 Å². The summed E-state index contributed by atoms with van der Waals surface area (Å²) in [5, 5.41) is 0. The molecule has 1 aliphatic rings. The summed E-state index contributed by atoms with van der Waals surface area (Å²) in [7, 11) is 0. The molecule has 0 aliphatic heterocycles. The molecule has 0 N–H and O–H groups in total. The Kier molecular flexibility index (Phi) is 6.20. The first-order valence-electron chi connectivity index (χ1n) is 6.61. The summed E-state index contributed by atoms with van der Waals surface area (Å²) in [6.45, 7) is 5.55. The number of carbonyl (C=O) groups is 1. The van der Waals surface area contributed by atoms with E-state index in [2.05, 4.69) is 13.5 Å². The van der Waals surface area contributed by atoms with Crippen LogP contribution in [-0.2, 0) is 9.53 Å². The van der Waals surface area contributed by atoms with Crippen LogP contribution in [0, 0.1) is 5.92 Å². The predicted molar refractivity (Wildman–Crippen MR) is 66.2 cm³/mol. The number of esters is 1. The Balaban J connectivity index is 2.47. The molecular formula is C14H24O2. The van der Waals surface area contributed by atoms with E-state index in [1.807, 2.05) is 0 Å². The van der Waals surface area contributed by atoms with Gasteiger partial charge in [-0.25, -0.2) is 4.79 Å². The Labute approximate surface area is 99.1 Å². The topological polar surface area (TPSA) is 26.3 Å². The molecule has 1 aliphatic carbocycles. The molecule has 1 atom stereocenters. The Morgan fingerprint density at radius 1 is 1.31 bits per heavy atom. The third kappa shape index (κ3) is 4.38. The van der Waals surface area contributed by atoms with Crippen molar-refractivity contribution in [1.82, 2.24) is 0 Å². The van der Waals surface area contributed by atoms with Crippen molar-refractivity contribution in [3.8, 4) is 0 Å². The van der Waals surface area contributed by atoms with Crippen LogP contribution in [-0.4, -0.2) is 12.1 Å². The lowest BCUT2D eigenvalue weighted by atomic mass is 9.86. The second-order valence-corrected chi connectivity index (χ2v) is 4.69. The predicted octanol–water partition coefficient (Wildman–Crippen LogP) is 3.85. The lowest BCUT2D eigenvalue weighted by molar-refractivity contribution is -0.146. The Morgan fingerprint density at radius 2 is 1.88 bits per heavy atom. The summed E-state index contributed by atoms with van der Waals surface area (Å²) in [5.74, 6) is 0.295. The van der Waals surface area contributed by atoms with Crippen molar-refractivity contribution in [2.75, 3.05) is 0 Å². The molecule has 0 aromatic rings. The van der Waals surface area contributed by atoms with E-state index in [1.54, 1.807) is 0 Å². The zero-order valence-electron chi connectivity index (χ0n) is 10.4. The van der Waals surface area contributed by atoms with Gasteiger partial charge in [-0.1, -0.05) is 45.6 Å². The van der Waals surface area contributed by atoms with Crippen LogP contribution in [0.15, 0.2) is 12.7 Å². The van der Waals surface area contributed by atoms with Crippen LogP contribution in [0.5, 0.6) is 0 Å². The molecule has 0 amide bonds. The first kappa shape index (κ1) is 13.3. The van der Waals surface area contributed by atoms with E-state index in [-0.39, 0.29) is 12.1 Å². The minimum Gasteiger partial charge on any atom is -0.459 e. The highest BCUT2D eigenvalue weighted by atomic mass is 16.5. The standard InChI is InChI=1S/C14H24O2/c1-3-13(16-14(15)4-2)12-10-8-6-5-7-9-11-12/h4,12-13H,2-3,5-11H2,1H3. The average molecular weight is 224 g/mol. The smallest absolute Gasteiger partial charge is 0.330 e. The number of carbonyl (C=O) groups excluding carboxylic acids is 1. The first-order valence-corrected chi connectivity index (χ1v) is 6.61. The Hall–Kier alpha value is -0.790. The van der Waals surface area contributed by atoms with Gasteiger partial charge < -0.3 is 4.74 Å². The molecular weight excluding hydrogens is 200 g/mol. The first-order chi connectivity index (χ1) is 7.77. The van der Waals surface area contributed by atoms with Gasteiger partial charge in [-0.2, -0.15) is 0 Å². The van der Waals surface area contributed by atoms with Crippen molar-refractivity contribution in [1.29, 1.82) is 0 Å². The van der Waals surface area contributed by atoms with Crippen LogP contribution in [0.25, 0.3) is 0 Å². The lowest BCUT2D eigenvalue weighted by Gasteiger charge is -2.27. The minimum atomic E-state index is -0.270. The molecule has 2 heteroatoms. The van der Waals surface area contributed by atoms with Crippen molar-refractivity contribution in [3.63, 3.8) is 0 Å².